The standard InChI is InChI=1S/C27H27N2.C13H24O2.Ir/c1-16-10-11-18-24-20(16)14-28-15-22(24)27(5,6)21-12-19-17(13-26(2,3)4)8-7-9-23(19)29-25(18)21;1-5-10(6-2)12(14)9-13(15)11(7-3)8-4;/h7-10,12,14-15H,13H2,1-6H3;9-11,14H,5-8H2,1-4H3;/q-1;;/b;12-9-;. The summed E-state index contributed by atoms with van der Waals surface area (Å²) in [6.45, 7) is 21.7. The van der Waals surface area contributed by atoms with E-state index in [2.05, 4.69) is 82.9 Å². The minimum atomic E-state index is -0.160. The number of hydrogen-bond donors (Lipinski definition) is 1. The Bertz CT molecular complexity index is 1690. The maximum absolute atomic E-state index is 11.7. The molecular weight excluding hydrogens is 733 g/mol. The first-order chi connectivity index (χ1) is 20.8. The Morgan fingerprint density at radius 3 is 2.22 bits per heavy atom. The summed E-state index contributed by atoms with van der Waals surface area (Å²) in [6.07, 6.45) is 9.95. The van der Waals surface area contributed by atoms with Crippen molar-refractivity contribution >= 4 is 27.5 Å². The quantitative estimate of drug-likeness (QED) is 0.110. The molecule has 1 aliphatic carbocycles. The molecule has 1 N–H and O–H groups in total. The second-order valence-corrected chi connectivity index (χ2v) is 14.2. The smallest absolute Gasteiger partial charge is 0.162 e. The van der Waals surface area contributed by atoms with Crippen LogP contribution in [0.2, 0.25) is 0 Å². The van der Waals surface area contributed by atoms with E-state index in [1.807, 2.05) is 40.1 Å². The number of fused-ring (bicyclic) bond motifs is 3. The second-order valence-electron chi connectivity index (χ2n) is 14.2. The van der Waals surface area contributed by atoms with Gasteiger partial charge in [-0.3, -0.25) is 14.8 Å². The van der Waals surface area contributed by atoms with Gasteiger partial charge in [-0.2, -0.15) is 0 Å². The number of aryl methyl sites for hydroxylation is 1. The average Bonchev–Trinajstić information content (AvgIpc) is 2.97. The molecule has 0 saturated carbocycles. The van der Waals surface area contributed by atoms with Crippen LogP contribution in [0, 0.1) is 30.2 Å². The third kappa shape index (κ3) is 7.58. The van der Waals surface area contributed by atoms with Crippen LogP contribution in [0.5, 0.6) is 0 Å². The molecule has 0 unspecified atom stereocenters. The monoisotopic (exact) mass is 784 g/mol. The van der Waals surface area contributed by atoms with Crippen LogP contribution in [0.25, 0.3) is 32.9 Å². The van der Waals surface area contributed by atoms with E-state index in [1.54, 1.807) is 0 Å². The van der Waals surface area contributed by atoms with E-state index >= 15 is 0 Å². The second kappa shape index (κ2) is 14.7. The zero-order valence-corrected chi connectivity index (χ0v) is 31.3. The maximum atomic E-state index is 11.7. The fourth-order valence-electron chi connectivity index (χ4n) is 6.59. The van der Waals surface area contributed by atoms with Gasteiger partial charge in [0.25, 0.3) is 0 Å². The molecule has 2 heterocycles. The molecule has 1 radical (unpaired) electrons. The van der Waals surface area contributed by atoms with Gasteiger partial charge in [0.1, 0.15) is 0 Å². The van der Waals surface area contributed by atoms with Gasteiger partial charge in [-0.1, -0.05) is 109 Å². The molecule has 0 fully saturated rings. The van der Waals surface area contributed by atoms with Crippen molar-refractivity contribution in [3.63, 3.8) is 0 Å². The van der Waals surface area contributed by atoms with E-state index in [4.69, 9.17) is 4.98 Å². The normalized spacial score (nSPS) is 13.8. The third-order valence-electron chi connectivity index (χ3n) is 9.39. The Morgan fingerprint density at radius 2 is 1.62 bits per heavy atom. The fraction of sp³-hybridized carbons (Fsp3) is 0.475. The van der Waals surface area contributed by atoms with Crippen LogP contribution in [-0.4, -0.2) is 20.9 Å². The van der Waals surface area contributed by atoms with Gasteiger partial charge in [0.05, 0.1) is 11.3 Å². The molecule has 0 saturated heterocycles. The number of carbonyl (C=O) groups is 1. The van der Waals surface area contributed by atoms with Crippen molar-refractivity contribution in [3.8, 4) is 11.3 Å². The van der Waals surface area contributed by atoms with Crippen molar-refractivity contribution in [3.05, 3.63) is 82.9 Å². The van der Waals surface area contributed by atoms with E-state index in [0.717, 1.165) is 48.9 Å². The van der Waals surface area contributed by atoms with Crippen molar-refractivity contribution in [2.45, 2.75) is 107 Å². The molecule has 1 aliphatic rings. The molecule has 2 aromatic heterocycles. The summed E-state index contributed by atoms with van der Waals surface area (Å²) in [5.41, 5.74) is 8.45. The minimum absolute atomic E-state index is 0. The van der Waals surface area contributed by atoms with Gasteiger partial charge in [0, 0.05) is 61.2 Å². The summed E-state index contributed by atoms with van der Waals surface area (Å²) in [5, 5.41) is 13.5. The summed E-state index contributed by atoms with van der Waals surface area (Å²) in [4.78, 5) is 21.5. The molecule has 4 aromatic rings. The molecule has 0 spiro atoms. The van der Waals surface area contributed by atoms with Crippen LogP contribution in [0.1, 0.15) is 110 Å². The molecule has 4 nitrogen and oxygen atoms in total. The van der Waals surface area contributed by atoms with Crippen LogP contribution in [0.15, 0.2) is 54.6 Å². The zero-order valence-electron chi connectivity index (χ0n) is 28.9. The van der Waals surface area contributed by atoms with Gasteiger partial charge in [-0.05, 0) is 54.8 Å². The van der Waals surface area contributed by atoms with Gasteiger partial charge < -0.3 is 5.11 Å². The number of aliphatic hydroxyl groups is 1. The number of carbonyl (C=O) groups excluding carboxylic acids is 1. The van der Waals surface area contributed by atoms with Gasteiger partial charge in [0.15, 0.2) is 5.78 Å². The topological polar surface area (TPSA) is 63.1 Å². The fourth-order valence-corrected chi connectivity index (χ4v) is 6.59. The summed E-state index contributed by atoms with van der Waals surface area (Å²) in [6, 6.07) is 14.5. The molecular formula is C40H51IrN2O2-. The van der Waals surface area contributed by atoms with E-state index in [-0.39, 0.29) is 54.3 Å². The van der Waals surface area contributed by atoms with Gasteiger partial charge >= 0.3 is 0 Å². The van der Waals surface area contributed by atoms with Crippen molar-refractivity contribution < 1.29 is 30.0 Å². The van der Waals surface area contributed by atoms with Crippen LogP contribution in [0.3, 0.4) is 0 Å². The third-order valence-corrected chi connectivity index (χ3v) is 9.39. The average molecular weight is 784 g/mol. The number of pyridine rings is 2. The Morgan fingerprint density at radius 1 is 0.978 bits per heavy atom. The van der Waals surface area contributed by atoms with Crippen LogP contribution < -0.4 is 0 Å². The van der Waals surface area contributed by atoms with Gasteiger partial charge in [-0.15, -0.1) is 23.3 Å². The predicted molar refractivity (Wildman–Crippen MR) is 185 cm³/mol. The first kappa shape index (κ1) is 36.6. The van der Waals surface area contributed by atoms with E-state index in [0.29, 0.717) is 0 Å². The predicted octanol–water partition coefficient (Wildman–Crippen LogP) is 10.7. The zero-order chi connectivity index (χ0) is 32.4. The van der Waals surface area contributed by atoms with Crippen LogP contribution in [0.4, 0.5) is 0 Å². The van der Waals surface area contributed by atoms with E-state index in [9.17, 15) is 9.90 Å². The molecule has 2 aromatic carbocycles. The van der Waals surface area contributed by atoms with Crippen molar-refractivity contribution in [1.82, 2.24) is 9.97 Å². The summed E-state index contributed by atoms with van der Waals surface area (Å²) in [5.74, 6) is 0.547. The number of benzene rings is 2. The molecule has 0 atom stereocenters. The molecule has 5 rings (SSSR count). The number of nitrogens with zero attached hydrogens (tertiary/aromatic N) is 2. The Labute approximate surface area is 284 Å². The number of allylic oxidation sites excluding steroid dienone is 2. The number of hydrogen-bond acceptors (Lipinski definition) is 4. The van der Waals surface area contributed by atoms with Gasteiger partial charge in [-0.25, -0.2) is 0 Å². The van der Waals surface area contributed by atoms with Crippen molar-refractivity contribution in [1.29, 1.82) is 0 Å². The summed E-state index contributed by atoms with van der Waals surface area (Å²) < 4.78 is 0. The Balaban J connectivity index is 0.000000297. The Hall–Kier alpha value is -2.88. The van der Waals surface area contributed by atoms with Crippen LogP contribution in [-0.2, 0) is 36.7 Å². The van der Waals surface area contributed by atoms with E-state index < -0.39 is 0 Å². The van der Waals surface area contributed by atoms with Crippen molar-refractivity contribution in [2.24, 2.45) is 17.3 Å². The molecule has 45 heavy (non-hydrogen) atoms. The Kier molecular flexibility index (Phi) is 11.9. The number of ketones is 1. The summed E-state index contributed by atoms with van der Waals surface area (Å²) >= 11 is 0. The first-order valence-corrected chi connectivity index (χ1v) is 16.4. The van der Waals surface area contributed by atoms with Gasteiger partial charge in [0.2, 0.25) is 0 Å². The molecule has 5 heteroatoms. The molecule has 0 amide bonds. The van der Waals surface area contributed by atoms with E-state index in [1.165, 1.54) is 44.5 Å². The SMILES string of the molecule is CCC(CC)C(=O)/C=C(\O)C(CC)CC.Cc1c[c-]c2c3c(cncc13)C(C)(C)c1cc3c(CC(C)(C)C)cccc3nc1-2.[Ir]. The number of aliphatic hydroxyl groups excluding tert-OH is 1. The molecule has 0 bridgehead atoms. The molecule has 0 aliphatic heterocycles. The molecule has 243 valence electrons. The maximum Gasteiger partial charge on any atom is 0.162 e. The van der Waals surface area contributed by atoms with Crippen LogP contribution >= 0.6 is 0 Å². The number of aromatic nitrogens is 2. The number of rotatable bonds is 8. The minimum Gasteiger partial charge on any atom is -0.512 e. The first-order valence-electron chi connectivity index (χ1n) is 16.4. The summed E-state index contributed by atoms with van der Waals surface area (Å²) in [7, 11) is 0. The largest absolute Gasteiger partial charge is 0.512 e. The van der Waals surface area contributed by atoms with Crippen molar-refractivity contribution in [2.75, 3.05) is 0 Å².